The highest BCUT2D eigenvalue weighted by Gasteiger charge is 2.14. The molecule has 0 amide bonds. The number of hydrogen-bond acceptors (Lipinski definition) is 4. The van der Waals surface area contributed by atoms with E-state index in [0.29, 0.717) is 13.2 Å². The fourth-order valence-corrected chi connectivity index (χ4v) is 2.75. The molecule has 0 heterocycles. The third-order valence-electron chi connectivity index (χ3n) is 2.53. The monoisotopic (exact) mass is 393 g/mol. The van der Waals surface area contributed by atoms with E-state index in [1.807, 2.05) is 19.1 Å². The molecule has 0 aromatic heterocycles. The molecular weight excluding hydrogens is 378 g/mol. The first-order chi connectivity index (χ1) is 8.99. The van der Waals surface area contributed by atoms with Crippen molar-refractivity contribution in [1.82, 2.24) is 0 Å². The van der Waals surface area contributed by atoms with Gasteiger partial charge in [-0.3, -0.25) is 4.79 Å². The highest BCUT2D eigenvalue weighted by molar-refractivity contribution is 9.11. The van der Waals surface area contributed by atoms with Crippen LogP contribution in [0.2, 0.25) is 0 Å². The van der Waals surface area contributed by atoms with Crippen LogP contribution in [0.25, 0.3) is 0 Å². The second kappa shape index (κ2) is 7.75. The van der Waals surface area contributed by atoms with E-state index in [1.54, 1.807) is 14.0 Å². The van der Waals surface area contributed by atoms with Gasteiger partial charge < -0.3 is 14.8 Å². The van der Waals surface area contributed by atoms with Crippen LogP contribution in [0.15, 0.2) is 21.1 Å². The van der Waals surface area contributed by atoms with E-state index in [-0.39, 0.29) is 11.9 Å². The number of nitrogens with one attached hydrogen (secondary N) is 1. The molecule has 0 aliphatic rings. The molecule has 0 aliphatic heterocycles. The molecule has 6 heteroatoms. The summed E-state index contributed by atoms with van der Waals surface area (Å²) in [5, 5.41) is 3.21. The molecule has 0 spiro atoms. The molecule has 19 heavy (non-hydrogen) atoms. The van der Waals surface area contributed by atoms with Gasteiger partial charge in [-0.2, -0.15) is 0 Å². The highest BCUT2D eigenvalue weighted by Crippen LogP contribution is 2.34. The first-order valence-electron chi connectivity index (χ1n) is 5.93. The average Bonchev–Trinajstić information content (AvgIpc) is 2.37. The minimum Gasteiger partial charge on any atom is -0.495 e. The Labute approximate surface area is 130 Å². The van der Waals surface area contributed by atoms with Gasteiger partial charge in [-0.15, -0.1) is 0 Å². The number of benzene rings is 1. The predicted molar refractivity (Wildman–Crippen MR) is 82.7 cm³/mol. The Bertz CT molecular complexity index is 452. The summed E-state index contributed by atoms with van der Waals surface area (Å²) in [5.74, 6) is 0.325. The maximum Gasteiger partial charge on any atom is 0.310 e. The van der Waals surface area contributed by atoms with Crippen molar-refractivity contribution >= 4 is 43.5 Å². The number of esters is 1. The minimum atomic E-state index is -0.207. The lowest BCUT2D eigenvalue weighted by Crippen LogP contribution is -2.22. The Hall–Kier alpha value is -0.750. The number of carbonyl (C=O) groups is 1. The van der Waals surface area contributed by atoms with Crippen LogP contribution in [0, 0.1) is 5.92 Å². The van der Waals surface area contributed by atoms with Crippen LogP contribution in [0.5, 0.6) is 5.75 Å². The van der Waals surface area contributed by atoms with Crippen molar-refractivity contribution in [2.75, 3.05) is 25.6 Å². The zero-order valence-electron chi connectivity index (χ0n) is 11.1. The molecule has 1 aromatic carbocycles. The van der Waals surface area contributed by atoms with Gasteiger partial charge in [-0.25, -0.2) is 0 Å². The van der Waals surface area contributed by atoms with Gasteiger partial charge in [-0.1, -0.05) is 6.92 Å². The van der Waals surface area contributed by atoms with Gasteiger partial charge in [0, 0.05) is 17.1 Å². The summed E-state index contributed by atoms with van der Waals surface area (Å²) in [4.78, 5) is 11.5. The summed E-state index contributed by atoms with van der Waals surface area (Å²) in [6.07, 6.45) is 0. The number of carbonyl (C=O) groups excluding carboxylic acids is 1. The van der Waals surface area contributed by atoms with E-state index in [9.17, 15) is 4.79 Å². The fraction of sp³-hybridized carbons (Fsp3) is 0.462. The van der Waals surface area contributed by atoms with Crippen LogP contribution >= 0.6 is 31.9 Å². The van der Waals surface area contributed by atoms with Gasteiger partial charge in [0.15, 0.2) is 0 Å². The molecule has 1 rings (SSSR count). The fourth-order valence-electron chi connectivity index (χ4n) is 1.45. The Kier molecular flexibility index (Phi) is 6.65. The standard InChI is InChI=1S/C13H17Br2NO3/c1-4-19-13(17)8(2)7-16-11-6-12(18-3)10(15)5-9(11)14/h5-6,8,16H,4,7H2,1-3H3. The molecular formula is C13H17Br2NO3. The second-order valence-electron chi connectivity index (χ2n) is 4.00. The minimum absolute atomic E-state index is 0.199. The molecule has 0 bridgehead atoms. The average molecular weight is 395 g/mol. The van der Waals surface area contributed by atoms with Gasteiger partial charge in [0.25, 0.3) is 0 Å². The van der Waals surface area contributed by atoms with Crippen molar-refractivity contribution < 1.29 is 14.3 Å². The van der Waals surface area contributed by atoms with Gasteiger partial charge in [0.2, 0.25) is 0 Å². The van der Waals surface area contributed by atoms with Crippen molar-refractivity contribution in [2.24, 2.45) is 5.92 Å². The van der Waals surface area contributed by atoms with E-state index < -0.39 is 0 Å². The molecule has 4 nitrogen and oxygen atoms in total. The predicted octanol–water partition coefficient (Wildman–Crippen LogP) is 3.83. The first kappa shape index (κ1) is 16.3. The molecule has 0 saturated heterocycles. The molecule has 1 N–H and O–H groups in total. The third kappa shape index (κ3) is 4.69. The topological polar surface area (TPSA) is 47.6 Å². The molecule has 1 atom stereocenters. The van der Waals surface area contributed by atoms with Crippen LogP contribution < -0.4 is 10.1 Å². The van der Waals surface area contributed by atoms with Gasteiger partial charge >= 0.3 is 5.97 Å². The molecule has 0 aliphatic carbocycles. The number of hydrogen-bond donors (Lipinski definition) is 1. The molecule has 106 valence electrons. The summed E-state index contributed by atoms with van der Waals surface area (Å²) < 4.78 is 12.0. The summed E-state index contributed by atoms with van der Waals surface area (Å²) >= 11 is 6.87. The van der Waals surface area contributed by atoms with Crippen LogP contribution in [0.1, 0.15) is 13.8 Å². The largest absolute Gasteiger partial charge is 0.495 e. The summed E-state index contributed by atoms with van der Waals surface area (Å²) in [7, 11) is 1.61. The summed E-state index contributed by atoms with van der Waals surface area (Å²) in [5.41, 5.74) is 0.871. The normalized spacial score (nSPS) is 11.8. The smallest absolute Gasteiger partial charge is 0.310 e. The Balaban J connectivity index is 2.70. The lowest BCUT2D eigenvalue weighted by atomic mass is 10.2. The third-order valence-corrected chi connectivity index (χ3v) is 3.80. The van der Waals surface area contributed by atoms with E-state index in [0.717, 1.165) is 20.4 Å². The Morgan fingerprint density at radius 3 is 2.63 bits per heavy atom. The Morgan fingerprint density at radius 1 is 1.37 bits per heavy atom. The van der Waals surface area contributed by atoms with Gasteiger partial charge in [-0.05, 0) is 44.8 Å². The number of ether oxygens (including phenoxy) is 2. The maximum absolute atomic E-state index is 11.5. The van der Waals surface area contributed by atoms with Crippen molar-refractivity contribution in [3.63, 3.8) is 0 Å². The van der Waals surface area contributed by atoms with Crippen molar-refractivity contribution in [2.45, 2.75) is 13.8 Å². The van der Waals surface area contributed by atoms with Crippen molar-refractivity contribution in [1.29, 1.82) is 0 Å². The number of rotatable bonds is 6. The highest BCUT2D eigenvalue weighted by atomic mass is 79.9. The SMILES string of the molecule is CCOC(=O)C(C)CNc1cc(OC)c(Br)cc1Br. The van der Waals surface area contributed by atoms with E-state index in [2.05, 4.69) is 37.2 Å². The molecule has 1 unspecified atom stereocenters. The van der Waals surface area contributed by atoms with E-state index in [4.69, 9.17) is 9.47 Å². The van der Waals surface area contributed by atoms with Crippen molar-refractivity contribution in [3.05, 3.63) is 21.1 Å². The van der Waals surface area contributed by atoms with E-state index >= 15 is 0 Å². The number of methoxy groups -OCH3 is 1. The molecule has 0 fully saturated rings. The zero-order chi connectivity index (χ0) is 14.4. The number of anilines is 1. The molecule has 0 saturated carbocycles. The first-order valence-corrected chi connectivity index (χ1v) is 7.51. The van der Waals surface area contributed by atoms with Crippen molar-refractivity contribution in [3.8, 4) is 5.75 Å². The summed E-state index contributed by atoms with van der Waals surface area (Å²) in [6, 6.07) is 3.77. The van der Waals surface area contributed by atoms with Gasteiger partial charge in [0.1, 0.15) is 5.75 Å². The van der Waals surface area contributed by atoms with Crippen LogP contribution in [-0.4, -0.2) is 26.2 Å². The number of halogens is 2. The quantitative estimate of drug-likeness (QED) is 0.744. The lowest BCUT2D eigenvalue weighted by Gasteiger charge is -2.15. The summed E-state index contributed by atoms with van der Waals surface area (Å²) in [6.45, 7) is 4.53. The van der Waals surface area contributed by atoms with Crippen LogP contribution in [0.4, 0.5) is 5.69 Å². The molecule has 1 aromatic rings. The zero-order valence-corrected chi connectivity index (χ0v) is 14.3. The van der Waals surface area contributed by atoms with Crippen LogP contribution in [0.3, 0.4) is 0 Å². The van der Waals surface area contributed by atoms with Crippen LogP contribution in [-0.2, 0) is 9.53 Å². The van der Waals surface area contributed by atoms with Gasteiger partial charge in [0.05, 0.1) is 29.8 Å². The Morgan fingerprint density at radius 2 is 2.05 bits per heavy atom. The maximum atomic E-state index is 11.5. The van der Waals surface area contributed by atoms with E-state index in [1.165, 1.54) is 0 Å². The second-order valence-corrected chi connectivity index (χ2v) is 5.71. The molecule has 0 radical (unpaired) electrons. The lowest BCUT2D eigenvalue weighted by molar-refractivity contribution is -0.146.